The van der Waals surface area contributed by atoms with Crippen molar-refractivity contribution in [2.24, 2.45) is 0 Å². The molecule has 17 heavy (non-hydrogen) atoms. The zero-order valence-electron chi connectivity index (χ0n) is 11.4. The van der Waals surface area contributed by atoms with Crippen molar-refractivity contribution in [2.75, 3.05) is 0 Å². The molecule has 0 amide bonds. The maximum atomic E-state index is 8.89. The van der Waals surface area contributed by atoms with Crippen LogP contribution >= 0.6 is 0 Å². The molecular weight excluding hydrogens is 256 g/mol. The van der Waals surface area contributed by atoms with Gasteiger partial charge in [-0.15, -0.1) is 0 Å². The predicted octanol–water partition coefficient (Wildman–Crippen LogP) is 0.751. The van der Waals surface area contributed by atoms with Gasteiger partial charge < -0.3 is 33.6 Å². The standard InChI is InChI=1S/2C4H9.2C2H4O2.Ti/c2*1-3-4-2;2*1-2(3)4;/h2*1,3-4H2,2H3;2*1H3,(H,3,4);/q2*-1;;;+4/p-2. The number of hydrogen-bond acceptors (Lipinski definition) is 4. The fourth-order valence-corrected chi connectivity index (χ4v) is 0. The minimum absolute atomic E-state index is 0. The molecule has 0 fully saturated rings. The number of carbonyl (C=O) groups excluding carboxylic acids is 2. The summed E-state index contributed by atoms with van der Waals surface area (Å²) in [6.45, 7) is 13.4. The van der Waals surface area contributed by atoms with Crippen molar-refractivity contribution >= 4 is 11.9 Å². The molecule has 0 rings (SSSR count). The number of carboxylic acid groups (broad SMARTS) is 2. The van der Waals surface area contributed by atoms with Crippen LogP contribution in [-0.4, -0.2) is 11.9 Å². The van der Waals surface area contributed by atoms with Crippen LogP contribution in [-0.2, 0) is 31.3 Å². The van der Waals surface area contributed by atoms with Crippen LogP contribution in [0.5, 0.6) is 0 Å². The second-order valence-corrected chi connectivity index (χ2v) is 2.69. The molecule has 0 aliphatic carbocycles. The second kappa shape index (κ2) is 36.1. The smallest absolute Gasteiger partial charge is 0.550 e. The molecule has 5 heteroatoms. The van der Waals surface area contributed by atoms with Gasteiger partial charge in [0.1, 0.15) is 0 Å². The summed E-state index contributed by atoms with van der Waals surface area (Å²) < 4.78 is 0. The third kappa shape index (κ3) is 1070. The monoisotopic (exact) mass is 280 g/mol. The summed E-state index contributed by atoms with van der Waals surface area (Å²) in [6, 6.07) is 0. The molecule has 0 saturated carbocycles. The van der Waals surface area contributed by atoms with Gasteiger partial charge in [-0.25, -0.2) is 0 Å². The van der Waals surface area contributed by atoms with Crippen molar-refractivity contribution in [1.82, 2.24) is 0 Å². The Bertz CT molecular complexity index is 110. The summed E-state index contributed by atoms with van der Waals surface area (Å²) in [6.07, 6.45) is 4.56. The maximum Gasteiger partial charge on any atom is 4.00 e. The predicted molar refractivity (Wildman–Crippen MR) is 61.9 cm³/mol. The fourth-order valence-electron chi connectivity index (χ4n) is 0. The molecule has 0 aliphatic heterocycles. The Hall–Kier alpha value is -0.346. The van der Waals surface area contributed by atoms with Crippen molar-refractivity contribution < 1.29 is 41.5 Å². The van der Waals surface area contributed by atoms with Crippen molar-refractivity contribution in [3.8, 4) is 0 Å². The van der Waals surface area contributed by atoms with Crippen LogP contribution in [0.2, 0.25) is 0 Å². The van der Waals surface area contributed by atoms with E-state index in [4.69, 9.17) is 19.8 Å². The number of unbranched alkanes of at least 4 members (excludes halogenated alkanes) is 2. The minimum Gasteiger partial charge on any atom is -0.550 e. The zero-order valence-corrected chi connectivity index (χ0v) is 12.9. The molecule has 0 aromatic heterocycles. The summed E-state index contributed by atoms with van der Waals surface area (Å²) in [7, 11) is 0. The van der Waals surface area contributed by atoms with Crippen LogP contribution in [0.4, 0.5) is 0 Å². The SMILES string of the molecule is CC(=O)[O-].CC(=O)[O-].[CH2-]CCC.[CH2-]CCC.[Ti+4]. The Balaban J connectivity index is -0.0000000369. The summed E-state index contributed by atoms with van der Waals surface area (Å²) in [5.74, 6) is -2.17. The molecule has 0 unspecified atom stereocenters. The fraction of sp³-hybridized carbons (Fsp3) is 0.667. The first-order valence-electron chi connectivity index (χ1n) is 5.23. The number of rotatable bonds is 2. The van der Waals surface area contributed by atoms with Gasteiger partial charge in [-0.3, -0.25) is 0 Å². The molecule has 0 bridgehead atoms. The number of hydrogen-bond donors (Lipinski definition) is 0. The van der Waals surface area contributed by atoms with E-state index in [9.17, 15) is 0 Å². The molecule has 0 aromatic carbocycles. The Kier molecular flexibility index (Phi) is 63.8. The topological polar surface area (TPSA) is 80.3 Å². The van der Waals surface area contributed by atoms with E-state index in [1.807, 2.05) is 0 Å². The van der Waals surface area contributed by atoms with Crippen LogP contribution in [0.3, 0.4) is 0 Å². The van der Waals surface area contributed by atoms with Crippen LogP contribution in [0.1, 0.15) is 53.4 Å². The van der Waals surface area contributed by atoms with Crippen LogP contribution in [0.15, 0.2) is 0 Å². The number of carboxylic acids is 2. The minimum atomic E-state index is -1.08. The van der Waals surface area contributed by atoms with Crippen LogP contribution < -0.4 is 10.2 Å². The third-order valence-electron chi connectivity index (χ3n) is 0.707. The van der Waals surface area contributed by atoms with E-state index in [0.29, 0.717) is 0 Å². The van der Waals surface area contributed by atoms with E-state index < -0.39 is 11.9 Å². The van der Waals surface area contributed by atoms with E-state index in [1.165, 1.54) is 12.8 Å². The molecule has 0 saturated heterocycles. The molecular formula is C12H24O4Ti. The van der Waals surface area contributed by atoms with Gasteiger partial charge in [0.15, 0.2) is 0 Å². The summed E-state index contributed by atoms with van der Waals surface area (Å²) in [4.78, 5) is 17.8. The first-order chi connectivity index (χ1) is 7.29. The first-order valence-corrected chi connectivity index (χ1v) is 5.23. The zero-order chi connectivity index (χ0) is 14.0. The van der Waals surface area contributed by atoms with E-state index in [2.05, 4.69) is 27.7 Å². The molecule has 0 aromatic rings. The van der Waals surface area contributed by atoms with Crippen molar-refractivity contribution in [3.63, 3.8) is 0 Å². The van der Waals surface area contributed by atoms with Gasteiger partial charge in [0.05, 0.1) is 0 Å². The Morgan fingerprint density at radius 1 is 0.882 bits per heavy atom. The molecule has 100 valence electrons. The van der Waals surface area contributed by atoms with E-state index in [1.54, 1.807) is 0 Å². The average Bonchev–Trinajstić information content (AvgIpc) is 2.16. The van der Waals surface area contributed by atoms with Crippen molar-refractivity contribution in [3.05, 3.63) is 13.8 Å². The molecule has 0 atom stereocenters. The van der Waals surface area contributed by atoms with E-state index in [0.717, 1.165) is 26.7 Å². The van der Waals surface area contributed by atoms with Gasteiger partial charge in [-0.05, 0) is 13.8 Å². The Morgan fingerprint density at radius 2 is 0.941 bits per heavy atom. The quantitative estimate of drug-likeness (QED) is 0.552. The second-order valence-electron chi connectivity index (χ2n) is 2.69. The molecule has 0 aliphatic rings. The molecule has 0 spiro atoms. The van der Waals surface area contributed by atoms with Gasteiger partial charge in [0, 0.05) is 11.9 Å². The summed E-state index contributed by atoms with van der Waals surface area (Å²) in [5, 5.41) is 17.8. The van der Waals surface area contributed by atoms with E-state index >= 15 is 0 Å². The summed E-state index contributed by atoms with van der Waals surface area (Å²) >= 11 is 0. The Labute approximate surface area is 121 Å². The van der Waals surface area contributed by atoms with Crippen LogP contribution in [0, 0.1) is 13.8 Å². The largest absolute Gasteiger partial charge is 4.00 e. The van der Waals surface area contributed by atoms with E-state index in [-0.39, 0.29) is 21.7 Å². The van der Waals surface area contributed by atoms with Gasteiger partial charge in [-0.1, -0.05) is 26.7 Å². The van der Waals surface area contributed by atoms with Gasteiger partial charge in [-0.2, -0.15) is 12.8 Å². The van der Waals surface area contributed by atoms with Gasteiger partial charge in [0.2, 0.25) is 0 Å². The maximum absolute atomic E-state index is 8.89. The molecule has 0 heterocycles. The summed E-state index contributed by atoms with van der Waals surface area (Å²) in [5.41, 5.74) is 0. The first kappa shape index (κ1) is 30.0. The number of aliphatic carboxylic acids is 2. The number of carbonyl (C=O) groups is 2. The van der Waals surface area contributed by atoms with Crippen molar-refractivity contribution in [1.29, 1.82) is 0 Å². The van der Waals surface area contributed by atoms with Gasteiger partial charge >= 0.3 is 21.7 Å². The Morgan fingerprint density at radius 3 is 0.941 bits per heavy atom. The molecule has 0 radical (unpaired) electrons. The molecule has 0 N–H and O–H groups in total. The van der Waals surface area contributed by atoms with Crippen LogP contribution in [0.25, 0.3) is 0 Å². The van der Waals surface area contributed by atoms with Gasteiger partial charge in [0.25, 0.3) is 0 Å². The third-order valence-corrected chi connectivity index (χ3v) is 0.707. The normalized spacial score (nSPS) is 6.47. The molecule has 4 nitrogen and oxygen atoms in total. The van der Waals surface area contributed by atoms with Crippen molar-refractivity contribution in [2.45, 2.75) is 53.4 Å². The average molecular weight is 280 g/mol.